The topological polar surface area (TPSA) is 82.1 Å². The number of piperazine rings is 1. The summed E-state index contributed by atoms with van der Waals surface area (Å²) in [7, 11) is -0.548. The number of benzene rings is 1. The molecule has 2 rings (SSSR count). The molecule has 27 heavy (non-hydrogen) atoms. The lowest BCUT2D eigenvalue weighted by molar-refractivity contribution is -0.118. The molecule has 0 aliphatic carbocycles. The quantitative estimate of drug-likeness (QED) is 0.534. The molecular formula is C19H30BN3O4. The Morgan fingerprint density at radius 2 is 2.00 bits per heavy atom. The third-order valence-corrected chi connectivity index (χ3v) is 4.81. The smallest absolute Gasteiger partial charge is 0.410 e. The summed E-state index contributed by atoms with van der Waals surface area (Å²) < 4.78 is 5.44. The van der Waals surface area contributed by atoms with Crippen molar-refractivity contribution in [1.82, 2.24) is 15.0 Å². The molecule has 0 radical (unpaired) electrons. The van der Waals surface area contributed by atoms with E-state index in [1.807, 2.05) is 35.1 Å². The molecule has 1 aliphatic heterocycles. The Labute approximate surface area is 161 Å². The van der Waals surface area contributed by atoms with Crippen molar-refractivity contribution in [3.8, 4) is 0 Å². The second-order valence-electron chi connectivity index (χ2n) is 6.99. The second-order valence-corrected chi connectivity index (χ2v) is 6.99. The van der Waals surface area contributed by atoms with Crippen LogP contribution in [-0.2, 0) is 16.1 Å². The van der Waals surface area contributed by atoms with Crippen LogP contribution in [0.15, 0.2) is 30.3 Å². The van der Waals surface area contributed by atoms with E-state index in [2.05, 4.69) is 5.32 Å². The minimum atomic E-state index is -0.548. The van der Waals surface area contributed by atoms with Crippen LogP contribution in [0, 0.1) is 0 Å². The van der Waals surface area contributed by atoms with E-state index in [9.17, 15) is 14.6 Å². The van der Waals surface area contributed by atoms with Crippen LogP contribution in [0.3, 0.4) is 0 Å². The van der Waals surface area contributed by atoms with Crippen molar-refractivity contribution in [3.05, 3.63) is 35.9 Å². The van der Waals surface area contributed by atoms with Crippen LogP contribution >= 0.6 is 0 Å². The van der Waals surface area contributed by atoms with E-state index < -0.39 is 7.05 Å². The predicted octanol–water partition coefficient (Wildman–Crippen LogP) is 1.73. The van der Waals surface area contributed by atoms with Gasteiger partial charge in [0, 0.05) is 39.1 Å². The number of hydrogen-bond donors (Lipinski definition) is 2. The number of nitrogens with zero attached hydrogens (tertiary/aromatic N) is 2. The Bertz CT molecular complexity index is 600. The van der Waals surface area contributed by atoms with Crippen LogP contribution < -0.4 is 5.32 Å². The maximum absolute atomic E-state index is 12.4. The summed E-state index contributed by atoms with van der Waals surface area (Å²) in [5.74, 6) is -0.0226. The first-order chi connectivity index (χ1) is 13.0. The fourth-order valence-electron chi connectivity index (χ4n) is 3.36. The minimum Gasteiger partial charge on any atom is -0.445 e. The first-order valence-corrected chi connectivity index (χ1v) is 9.61. The molecule has 1 saturated heterocycles. The van der Waals surface area contributed by atoms with Crippen molar-refractivity contribution in [2.75, 3.05) is 26.2 Å². The van der Waals surface area contributed by atoms with Gasteiger partial charge in [-0.05, 0) is 25.2 Å². The molecule has 1 aromatic carbocycles. The van der Waals surface area contributed by atoms with Gasteiger partial charge < -0.3 is 24.8 Å². The molecule has 0 spiro atoms. The van der Waals surface area contributed by atoms with Crippen LogP contribution in [-0.4, -0.2) is 66.0 Å². The van der Waals surface area contributed by atoms with Gasteiger partial charge in [0.15, 0.2) is 0 Å². The number of carbonyl (C=O) groups is 2. The molecular weight excluding hydrogens is 345 g/mol. The standard InChI is InChI=1S/C19H30BN3O4/c1-16(24)21-11-7-6-10-18-14-22(12-13-23(18)20(2)26)19(25)27-15-17-8-4-3-5-9-17/h3-5,8-9,18,26H,6-7,10-15H2,1-2H3,(H,21,24)/t18-/m0/s1. The van der Waals surface area contributed by atoms with Crippen LogP contribution in [0.25, 0.3) is 0 Å². The van der Waals surface area contributed by atoms with E-state index in [1.54, 1.807) is 11.7 Å². The van der Waals surface area contributed by atoms with Crippen molar-refractivity contribution in [3.63, 3.8) is 0 Å². The maximum atomic E-state index is 12.4. The maximum Gasteiger partial charge on any atom is 0.410 e. The number of unbranched alkanes of at least 4 members (excludes halogenated alkanes) is 1. The molecule has 1 fully saturated rings. The van der Waals surface area contributed by atoms with Crippen molar-refractivity contribution in [2.24, 2.45) is 0 Å². The van der Waals surface area contributed by atoms with Crippen molar-refractivity contribution < 1.29 is 19.3 Å². The molecule has 8 heteroatoms. The molecule has 0 saturated carbocycles. The summed E-state index contributed by atoms with van der Waals surface area (Å²) in [6.07, 6.45) is 2.34. The highest BCUT2D eigenvalue weighted by Gasteiger charge is 2.33. The monoisotopic (exact) mass is 375 g/mol. The first-order valence-electron chi connectivity index (χ1n) is 9.61. The van der Waals surface area contributed by atoms with E-state index in [4.69, 9.17) is 4.74 Å². The Hall–Kier alpha value is -2.06. The Balaban J connectivity index is 1.82. The van der Waals surface area contributed by atoms with E-state index in [0.717, 1.165) is 24.8 Å². The molecule has 0 unspecified atom stereocenters. The number of nitrogens with one attached hydrogen (secondary N) is 1. The lowest BCUT2D eigenvalue weighted by Gasteiger charge is -2.41. The zero-order chi connectivity index (χ0) is 19.6. The zero-order valence-electron chi connectivity index (χ0n) is 16.3. The Morgan fingerprint density at radius 1 is 1.26 bits per heavy atom. The van der Waals surface area contributed by atoms with E-state index in [-0.39, 0.29) is 24.6 Å². The minimum absolute atomic E-state index is 0.0226. The fourth-order valence-corrected chi connectivity index (χ4v) is 3.36. The number of rotatable bonds is 8. The van der Waals surface area contributed by atoms with Crippen LogP contribution in [0.1, 0.15) is 31.7 Å². The lowest BCUT2D eigenvalue weighted by atomic mass is 9.81. The van der Waals surface area contributed by atoms with Crippen LogP contribution in [0.4, 0.5) is 4.79 Å². The zero-order valence-corrected chi connectivity index (χ0v) is 16.3. The summed E-state index contributed by atoms with van der Waals surface area (Å²) >= 11 is 0. The third kappa shape index (κ3) is 7.23. The molecule has 2 N–H and O–H groups in total. The normalized spacial score (nSPS) is 17.4. The van der Waals surface area contributed by atoms with Gasteiger partial charge in [-0.25, -0.2) is 4.79 Å². The summed E-state index contributed by atoms with van der Waals surface area (Å²) in [6, 6.07) is 9.70. The van der Waals surface area contributed by atoms with Crippen LogP contribution in [0.5, 0.6) is 0 Å². The highest BCUT2D eigenvalue weighted by atomic mass is 16.6. The molecule has 0 bridgehead atoms. The van der Waals surface area contributed by atoms with Gasteiger partial charge in [0.2, 0.25) is 5.91 Å². The molecule has 0 aromatic heterocycles. The first kappa shape index (κ1) is 21.2. The average Bonchev–Trinajstić information content (AvgIpc) is 2.66. The Kier molecular flexibility index (Phi) is 8.61. The number of hydrogen-bond acceptors (Lipinski definition) is 5. The fraction of sp³-hybridized carbons (Fsp3) is 0.579. The Morgan fingerprint density at radius 3 is 2.67 bits per heavy atom. The van der Waals surface area contributed by atoms with Gasteiger partial charge >= 0.3 is 13.1 Å². The van der Waals surface area contributed by atoms with Crippen molar-refractivity contribution >= 4 is 19.1 Å². The van der Waals surface area contributed by atoms with Gasteiger partial charge in [-0.1, -0.05) is 36.8 Å². The summed E-state index contributed by atoms with van der Waals surface area (Å²) in [6.45, 7) is 5.88. The van der Waals surface area contributed by atoms with Gasteiger partial charge in [-0.2, -0.15) is 0 Å². The molecule has 7 nitrogen and oxygen atoms in total. The molecule has 1 atom stereocenters. The number of ether oxygens (including phenoxy) is 1. The van der Waals surface area contributed by atoms with Crippen molar-refractivity contribution in [2.45, 2.75) is 45.7 Å². The average molecular weight is 375 g/mol. The SMILES string of the molecule is CB(O)N1CCN(C(=O)OCc2ccccc2)C[C@@H]1CCCCNC(C)=O. The second kappa shape index (κ2) is 10.9. The number of amides is 2. The summed E-state index contributed by atoms with van der Waals surface area (Å²) in [5.41, 5.74) is 0.961. The largest absolute Gasteiger partial charge is 0.445 e. The highest BCUT2D eigenvalue weighted by Crippen LogP contribution is 2.17. The van der Waals surface area contributed by atoms with Crippen LogP contribution in [0.2, 0.25) is 6.82 Å². The van der Waals surface area contributed by atoms with Gasteiger partial charge in [-0.3, -0.25) is 4.79 Å². The lowest BCUT2D eigenvalue weighted by Crippen LogP contribution is -2.58. The van der Waals surface area contributed by atoms with Gasteiger partial charge in [-0.15, -0.1) is 0 Å². The molecule has 1 heterocycles. The van der Waals surface area contributed by atoms with Gasteiger partial charge in [0.25, 0.3) is 0 Å². The van der Waals surface area contributed by atoms with Gasteiger partial charge in [0.1, 0.15) is 6.61 Å². The molecule has 148 valence electrons. The molecule has 1 aliphatic rings. The summed E-state index contributed by atoms with van der Waals surface area (Å²) in [5, 5.41) is 12.8. The van der Waals surface area contributed by atoms with Gasteiger partial charge in [0.05, 0.1) is 0 Å². The van der Waals surface area contributed by atoms with Crippen molar-refractivity contribution in [1.29, 1.82) is 0 Å². The molecule has 2 amide bonds. The predicted molar refractivity (Wildman–Crippen MR) is 105 cm³/mol. The van der Waals surface area contributed by atoms with E-state index >= 15 is 0 Å². The third-order valence-electron chi connectivity index (χ3n) is 4.81. The number of carbonyl (C=O) groups excluding carboxylic acids is 2. The molecule has 1 aromatic rings. The van der Waals surface area contributed by atoms with E-state index in [1.165, 1.54) is 6.92 Å². The van der Waals surface area contributed by atoms with E-state index in [0.29, 0.717) is 26.2 Å². The highest BCUT2D eigenvalue weighted by molar-refractivity contribution is 6.45. The summed E-state index contributed by atoms with van der Waals surface area (Å²) in [4.78, 5) is 27.1.